The molecule has 6 heteroatoms. The fourth-order valence-corrected chi connectivity index (χ4v) is 2.10. The van der Waals surface area contributed by atoms with Gasteiger partial charge in [-0.3, -0.25) is 0 Å². The number of ether oxygens (including phenoxy) is 1. The third kappa shape index (κ3) is 2.63. The number of rotatable bonds is 3. The zero-order valence-corrected chi connectivity index (χ0v) is 11.7. The largest absolute Gasteiger partial charge is 0.436 e. The second-order valence-electron chi connectivity index (χ2n) is 4.58. The van der Waals surface area contributed by atoms with Crippen molar-refractivity contribution in [1.29, 1.82) is 0 Å². The van der Waals surface area contributed by atoms with E-state index in [0.29, 0.717) is 11.1 Å². The molecule has 3 aromatic rings. The molecule has 0 aliphatic heterocycles. The van der Waals surface area contributed by atoms with Crippen LogP contribution >= 0.6 is 0 Å². The molecule has 22 heavy (non-hydrogen) atoms. The molecular formula is C16H13FN2O3. The summed E-state index contributed by atoms with van der Waals surface area (Å²) in [4.78, 5) is 15.8. The topological polar surface area (TPSA) is 64.4 Å². The van der Waals surface area contributed by atoms with Crippen LogP contribution in [0.4, 0.5) is 9.18 Å². The van der Waals surface area contributed by atoms with Gasteiger partial charge in [0.1, 0.15) is 11.3 Å². The van der Waals surface area contributed by atoms with Crippen LogP contribution in [-0.4, -0.2) is 18.1 Å². The first-order chi connectivity index (χ1) is 10.7. The minimum absolute atomic E-state index is 0.120. The lowest BCUT2D eigenvalue weighted by molar-refractivity contribution is 0.103. The predicted molar refractivity (Wildman–Crippen MR) is 77.8 cm³/mol. The van der Waals surface area contributed by atoms with E-state index in [4.69, 9.17) is 9.15 Å². The van der Waals surface area contributed by atoms with Crippen LogP contribution in [0.25, 0.3) is 11.1 Å². The van der Waals surface area contributed by atoms with Gasteiger partial charge in [0.05, 0.1) is 0 Å². The minimum atomic E-state index is -1.06. The maximum atomic E-state index is 14.1. The smallest absolute Gasteiger partial charge is 0.408 e. The van der Waals surface area contributed by atoms with E-state index in [1.165, 1.54) is 19.2 Å². The van der Waals surface area contributed by atoms with Crippen molar-refractivity contribution in [2.24, 2.45) is 0 Å². The maximum absolute atomic E-state index is 14.1. The van der Waals surface area contributed by atoms with Crippen molar-refractivity contribution in [3.8, 4) is 0 Å². The molecule has 1 amide bonds. The highest BCUT2D eigenvalue weighted by Gasteiger charge is 2.26. The Morgan fingerprint density at radius 2 is 1.95 bits per heavy atom. The summed E-state index contributed by atoms with van der Waals surface area (Å²) in [5, 5.41) is 2.34. The van der Waals surface area contributed by atoms with E-state index in [0.717, 1.165) is 0 Å². The lowest BCUT2D eigenvalue weighted by atomic mass is 10.1. The lowest BCUT2D eigenvalue weighted by Gasteiger charge is -2.15. The SMILES string of the molecule is CNC(=O)OC(c1nc2ccccc2o1)c1ccccc1F. The van der Waals surface area contributed by atoms with E-state index < -0.39 is 18.0 Å². The molecule has 1 atom stereocenters. The first-order valence-corrected chi connectivity index (χ1v) is 6.67. The Balaban J connectivity index is 2.08. The number of nitrogens with one attached hydrogen (secondary N) is 1. The van der Waals surface area contributed by atoms with Crippen molar-refractivity contribution in [2.75, 3.05) is 7.05 Å². The molecule has 2 aromatic carbocycles. The van der Waals surface area contributed by atoms with Crippen LogP contribution in [-0.2, 0) is 4.74 Å². The molecule has 1 unspecified atom stereocenters. The number of para-hydroxylation sites is 2. The van der Waals surface area contributed by atoms with Gasteiger partial charge in [-0.05, 0) is 18.2 Å². The Labute approximate surface area is 125 Å². The van der Waals surface area contributed by atoms with Crippen LogP contribution < -0.4 is 5.32 Å². The van der Waals surface area contributed by atoms with Gasteiger partial charge in [0, 0.05) is 12.6 Å². The molecule has 1 aromatic heterocycles. The minimum Gasteiger partial charge on any atom is -0.436 e. The molecule has 0 spiro atoms. The van der Waals surface area contributed by atoms with Gasteiger partial charge in [-0.25, -0.2) is 14.2 Å². The number of halogens is 1. The van der Waals surface area contributed by atoms with Crippen molar-refractivity contribution in [3.05, 3.63) is 65.8 Å². The van der Waals surface area contributed by atoms with Gasteiger partial charge < -0.3 is 14.5 Å². The van der Waals surface area contributed by atoms with Gasteiger partial charge >= 0.3 is 6.09 Å². The number of hydrogen-bond donors (Lipinski definition) is 1. The van der Waals surface area contributed by atoms with Gasteiger partial charge in [0.25, 0.3) is 0 Å². The summed E-state index contributed by atoms with van der Waals surface area (Å²) in [7, 11) is 1.42. The molecule has 0 aliphatic rings. The first kappa shape index (κ1) is 14.1. The highest BCUT2D eigenvalue weighted by molar-refractivity contribution is 5.72. The number of oxazole rings is 1. The number of hydrogen-bond acceptors (Lipinski definition) is 4. The van der Waals surface area contributed by atoms with E-state index in [1.807, 2.05) is 6.07 Å². The van der Waals surface area contributed by atoms with Gasteiger partial charge in [-0.15, -0.1) is 0 Å². The summed E-state index contributed by atoms with van der Waals surface area (Å²) < 4.78 is 24.9. The number of carbonyl (C=O) groups excluding carboxylic acids is 1. The predicted octanol–water partition coefficient (Wildman–Crippen LogP) is 3.41. The van der Waals surface area contributed by atoms with Crippen LogP contribution in [0.2, 0.25) is 0 Å². The van der Waals surface area contributed by atoms with Gasteiger partial charge in [0.2, 0.25) is 12.0 Å². The highest BCUT2D eigenvalue weighted by Crippen LogP contribution is 2.30. The molecule has 112 valence electrons. The highest BCUT2D eigenvalue weighted by atomic mass is 19.1. The third-order valence-electron chi connectivity index (χ3n) is 3.15. The molecule has 1 heterocycles. The van der Waals surface area contributed by atoms with Crippen molar-refractivity contribution in [2.45, 2.75) is 6.10 Å². The number of nitrogens with zero attached hydrogens (tertiary/aromatic N) is 1. The molecule has 0 fully saturated rings. The molecule has 5 nitrogen and oxygen atoms in total. The second-order valence-corrected chi connectivity index (χ2v) is 4.58. The molecule has 1 N–H and O–H groups in total. The third-order valence-corrected chi connectivity index (χ3v) is 3.15. The van der Waals surface area contributed by atoms with E-state index in [1.54, 1.807) is 30.3 Å². The Hall–Kier alpha value is -2.89. The summed E-state index contributed by atoms with van der Waals surface area (Å²) in [6.45, 7) is 0. The standard InChI is InChI=1S/C16H13FN2O3/c1-18-16(20)22-14(10-6-2-3-7-11(10)17)15-19-12-8-4-5-9-13(12)21-15/h2-9,14H,1H3,(H,18,20). The van der Waals surface area contributed by atoms with Crippen molar-refractivity contribution < 1.29 is 18.3 Å². The molecule has 0 radical (unpaired) electrons. The number of fused-ring (bicyclic) bond motifs is 1. The maximum Gasteiger partial charge on any atom is 0.408 e. The molecule has 0 bridgehead atoms. The quantitative estimate of drug-likeness (QED) is 0.805. The van der Waals surface area contributed by atoms with E-state index >= 15 is 0 Å². The lowest BCUT2D eigenvalue weighted by Crippen LogP contribution is -2.23. The average Bonchev–Trinajstić information content (AvgIpc) is 2.97. The Morgan fingerprint density at radius 1 is 1.23 bits per heavy atom. The monoisotopic (exact) mass is 300 g/mol. The zero-order chi connectivity index (χ0) is 15.5. The Morgan fingerprint density at radius 3 is 2.68 bits per heavy atom. The molecule has 0 saturated heterocycles. The zero-order valence-electron chi connectivity index (χ0n) is 11.7. The Bertz CT molecular complexity index is 783. The number of amides is 1. The summed E-state index contributed by atoms with van der Waals surface area (Å²) in [6.07, 6.45) is -1.76. The van der Waals surface area contributed by atoms with Crippen LogP contribution in [0.5, 0.6) is 0 Å². The van der Waals surface area contributed by atoms with Crippen LogP contribution in [0.15, 0.2) is 52.9 Å². The summed E-state index contributed by atoms with van der Waals surface area (Å²) in [5.41, 5.74) is 1.33. The van der Waals surface area contributed by atoms with Crippen LogP contribution in [0.1, 0.15) is 17.6 Å². The Kier molecular flexibility index (Phi) is 3.74. The van der Waals surface area contributed by atoms with Crippen LogP contribution in [0, 0.1) is 5.82 Å². The van der Waals surface area contributed by atoms with Gasteiger partial charge in [0.15, 0.2) is 5.58 Å². The number of alkyl carbamates (subject to hydrolysis) is 1. The van der Waals surface area contributed by atoms with Crippen molar-refractivity contribution in [3.63, 3.8) is 0 Å². The average molecular weight is 300 g/mol. The molecule has 0 saturated carbocycles. The number of benzene rings is 2. The van der Waals surface area contributed by atoms with E-state index in [-0.39, 0.29) is 11.5 Å². The normalized spacial score (nSPS) is 12.1. The van der Waals surface area contributed by atoms with E-state index in [2.05, 4.69) is 10.3 Å². The van der Waals surface area contributed by atoms with Crippen molar-refractivity contribution in [1.82, 2.24) is 10.3 Å². The first-order valence-electron chi connectivity index (χ1n) is 6.67. The fraction of sp³-hybridized carbons (Fsp3) is 0.125. The second kappa shape index (κ2) is 5.85. The van der Waals surface area contributed by atoms with Crippen LogP contribution in [0.3, 0.4) is 0 Å². The number of aromatic nitrogens is 1. The van der Waals surface area contributed by atoms with Crippen molar-refractivity contribution >= 4 is 17.2 Å². The summed E-state index contributed by atoms with van der Waals surface area (Å²) in [6, 6.07) is 13.1. The van der Waals surface area contributed by atoms with E-state index in [9.17, 15) is 9.18 Å². The molecular weight excluding hydrogens is 287 g/mol. The van der Waals surface area contributed by atoms with Gasteiger partial charge in [-0.2, -0.15) is 0 Å². The van der Waals surface area contributed by atoms with Gasteiger partial charge in [-0.1, -0.05) is 30.3 Å². The molecule has 0 aliphatic carbocycles. The molecule has 3 rings (SSSR count). The summed E-state index contributed by atoms with van der Waals surface area (Å²) >= 11 is 0. The summed E-state index contributed by atoms with van der Waals surface area (Å²) in [5.74, 6) is -0.381. The fourth-order valence-electron chi connectivity index (χ4n) is 2.10. The number of carbonyl (C=O) groups is 1.